The predicted molar refractivity (Wildman–Crippen MR) is 38.9 cm³/mol. The van der Waals surface area contributed by atoms with Gasteiger partial charge in [-0.3, -0.25) is 0 Å². The van der Waals surface area contributed by atoms with Crippen LogP contribution < -0.4 is 0 Å². The van der Waals surface area contributed by atoms with Gasteiger partial charge in [-0.1, -0.05) is 25.0 Å². The quantitative estimate of drug-likeness (QED) is 0.462. The molecular formula is C9H13. The molecule has 0 heterocycles. The van der Waals surface area contributed by atoms with E-state index in [9.17, 15) is 0 Å². The van der Waals surface area contributed by atoms with Crippen molar-refractivity contribution in [2.75, 3.05) is 0 Å². The molecule has 2 atom stereocenters. The molecule has 1 radical (unpaired) electrons. The molecule has 49 valence electrons. The first-order chi connectivity index (χ1) is 4.47. The van der Waals surface area contributed by atoms with Gasteiger partial charge in [0.25, 0.3) is 0 Å². The zero-order valence-corrected chi connectivity index (χ0v) is 5.72. The first kappa shape index (κ1) is 5.52. The average molecular weight is 121 g/mol. The number of rotatable bonds is 0. The minimum Gasteiger partial charge on any atom is -0.0848 e. The molecule has 2 rings (SSSR count). The second kappa shape index (κ2) is 2.17. The Hall–Kier alpha value is -0.260. The van der Waals surface area contributed by atoms with E-state index in [1.165, 1.54) is 25.7 Å². The Kier molecular flexibility index (Phi) is 1.33. The first-order valence-corrected chi connectivity index (χ1v) is 3.98. The third kappa shape index (κ3) is 0.910. The molecule has 0 aromatic rings. The molecular weight excluding hydrogens is 108 g/mol. The summed E-state index contributed by atoms with van der Waals surface area (Å²) in [4.78, 5) is 0. The molecule has 0 bridgehead atoms. The van der Waals surface area contributed by atoms with Crippen LogP contribution >= 0.6 is 0 Å². The van der Waals surface area contributed by atoms with Gasteiger partial charge in [-0.15, -0.1) is 0 Å². The molecule has 0 N–H and O–H groups in total. The van der Waals surface area contributed by atoms with Crippen LogP contribution in [0.3, 0.4) is 0 Å². The number of fused-ring (bicyclic) bond motifs is 1. The van der Waals surface area contributed by atoms with Crippen molar-refractivity contribution in [1.82, 2.24) is 0 Å². The maximum absolute atomic E-state index is 2.38. The van der Waals surface area contributed by atoms with Crippen LogP contribution in [0.15, 0.2) is 12.2 Å². The number of hydrogen-bond acceptors (Lipinski definition) is 0. The van der Waals surface area contributed by atoms with Crippen LogP contribution in [0.2, 0.25) is 0 Å². The second-order valence-electron chi connectivity index (χ2n) is 3.19. The third-order valence-corrected chi connectivity index (χ3v) is 2.59. The maximum Gasteiger partial charge on any atom is -0.0134 e. The lowest BCUT2D eigenvalue weighted by Gasteiger charge is -2.23. The van der Waals surface area contributed by atoms with Crippen LogP contribution in [0.5, 0.6) is 0 Å². The second-order valence-corrected chi connectivity index (χ2v) is 3.19. The van der Waals surface area contributed by atoms with E-state index in [-0.39, 0.29) is 0 Å². The zero-order valence-electron chi connectivity index (χ0n) is 5.72. The SMILES string of the molecule is [CH]1C=CC2CCCCC12. The monoisotopic (exact) mass is 121 g/mol. The summed E-state index contributed by atoms with van der Waals surface area (Å²) in [6, 6.07) is 0. The fraction of sp³-hybridized carbons (Fsp3) is 0.667. The van der Waals surface area contributed by atoms with Gasteiger partial charge < -0.3 is 0 Å². The van der Waals surface area contributed by atoms with Crippen molar-refractivity contribution in [2.45, 2.75) is 25.7 Å². The fourth-order valence-corrected chi connectivity index (χ4v) is 2.02. The molecule has 0 heteroatoms. The van der Waals surface area contributed by atoms with Gasteiger partial charge in [-0.05, 0) is 31.1 Å². The van der Waals surface area contributed by atoms with E-state index in [2.05, 4.69) is 18.6 Å². The Labute approximate surface area is 57.0 Å². The van der Waals surface area contributed by atoms with Crippen molar-refractivity contribution < 1.29 is 0 Å². The normalized spacial score (nSPS) is 40.9. The van der Waals surface area contributed by atoms with Crippen LogP contribution in [0.25, 0.3) is 0 Å². The molecule has 0 aliphatic heterocycles. The molecule has 0 aromatic carbocycles. The van der Waals surface area contributed by atoms with Gasteiger partial charge in [0.2, 0.25) is 0 Å². The van der Waals surface area contributed by atoms with Crippen molar-refractivity contribution in [2.24, 2.45) is 11.8 Å². The Morgan fingerprint density at radius 3 is 2.56 bits per heavy atom. The average Bonchev–Trinajstić information content (AvgIpc) is 2.33. The van der Waals surface area contributed by atoms with Crippen molar-refractivity contribution in [1.29, 1.82) is 0 Å². The molecule has 0 saturated heterocycles. The summed E-state index contributed by atoms with van der Waals surface area (Å²) in [5.74, 6) is 1.86. The molecule has 2 unspecified atom stereocenters. The number of allylic oxidation sites excluding steroid dienone is 2. The highest BCUT2D eigenvalue weighted by Crippen LogP contribution is 2.36. The fourth-order valence-electron chi connectivity index (χ4n) is 2.02. The van der Waals surface area contributed by atoms with Crippen molar-refractivity contribution in [3.05, 3.63) is 18.6 Å². The highest BCUT2D eigenvalue weighted by molar-refractivity contribution is 5.13. The Morgan fingerprint density at radius 2 is 1.78 bits per heavy atom. The topological polar surface area (TPSA) is 0 Å². The van der Waals surface area contributed by atoms with E-state index in [1.54, 1.807) is 0 Å². The summed E-state index contributed by atoms with van der Waals surface area (Å²) in [6.45, 7) is 0. The number of hydrogen-bond donors (Lipinski definition) is 0. The summed E-state index contributed by atoms with van der Waals surface area (Å²) in [5.41, 5.74) is 0. The van der Waals surface area contributed by atoms with Gasteiger partial charge in [0, 0.05) is 0 Å². The summed E-state index contributed by atoms with van der Waals surface area (Å²) in [5, 5.41) is 0. The van der Waals surface area contributed by atoms with Gasteiger partial charge in [-0.2, -0.15) is 0 Å². The van der Waals surface area contributed by atoms with E-state index in [4.69, 9.17) is 0 Å². The molecule has 9 heavy (non-hydrogen) atoms. The Bertz CT molecular complexity index is 124. The zero-order chi connectivity index (χ0) is 6.10. The largest absolute Gasteiger partial charge is 0.0848 e. The predicted octanol–water partition coefficient (Wildman–Crippen LogP) is 2.57. The van der Waals surface area contributed by atoms with Crippen LogP contribution in [-0.2, 0) is 0 Å². The van der Waals surface area contributed by atoms with E-state index in [0.29, 0.717) is 0 Å². The minimum absolute atomic E-state index is 0.929. The summed E-state index contributed by atoms with van der Waals surface area (Å²) >= 11 is 0. The third-order valence-electron chi connectivity index (χ3n) is 2.59. The first-order valence-electron chi connectivity index (χ1n) is 3.98. The van der Waals surface area contributed by atoms with Crippen LogP contribution in [0.4, 0.5) is 0 Å². The Balaban J connectivity index is 2.03. The highest BCUT2D eigenvalue weighted by atomic mass is 14.3. The van der Waals surface area contributed by atoms with Crippen molar-refractivity contribution in [3.63, 3.8) is 0 Å². The van der Waals surface area contributed by atoms with Gasteiger partial charge in [-0.25, -0.2) is 0 Å². The van der Waals surface area contributed by atoms with Crippen molar-refractivity contribution >= 4 is 0 Å². The van der Waals surface area contributed by atoms with E-state index in [0.717, 1.165) is 11.8 Å². The maximum atomic E-state index is 2.38. The lowest BCUT2D eigenvalue weighted by atomic mass is 9.82. The smallest absolute Gasteiger partial charge is 0.0134 e. The molecule has 1 saturated carbocycles. The molecule has 1 fully saturated rings. The lowest BCUT2D eigenvalue weighted by Crippen LogP contribution is -2.13. The van der Waals surface area contributed by atoms with Gasteiger partial charge >= 0.3 is 0 Å². The van der Waals surface area contributed by atoms with Crippen LogP contribution in [0.1, 0.15) is 25.7 Å². The standard InChI is InChI=1S/C9H13/c1-2-5-9-7-3-6-8(9)4-1/h3,6-9H,1-2,4-5H2. The van der Waals surface area contributed by atoms with Gasteiger partial charge in [0.05, 0.1) is 0 Å². The Morgan fingerprint density at radius 1 is 1.00 bits per heavy atom. The minimum atomic E-state index is 0.929. The summed E-state index contributed by atoms with van der Waals surface area (Å²) in [6.07, 6.45) is 12.8. The van der Waals surface area contributed by atoms with Crippen LogP contribution in [0, 0.1) is 18.3 Å². The molecule has 0 spiro atoms. The van der Waals surface area contributed by atoms with Gasteiger partial charge in [0.1, 0.15) is 0 Å². The highest BCUT2D eigenvalue weighted by Gasteiger charge is 2.25. The molecule has 0 aromatic heterocycles. The molecule has 0 nitrogen and oxygen atoms in total. The van der Waals surface area contributed by atoms with Gasteiger partial charge in [0.15, 0.2) is 0 Å². The summed E-state index contributed by atoms with van der Waals surface area (Å²) in [7, 11) is 0. The van der Waals surface area contributed by atoms with Crippen molar-refractivity contribution in [3.8, 4) is 0 Å². The summed E-state index contributed by atoms with van der Waals surface area (Å²) < 4.78 is 0. The van der Waals surface area contributed by atoms with E-state index < -0.39 is 0 Å². The molecule has 2 aliphatic carbocycles. The van der Waals surface area contributed by atoms with E-state index >= 15 is 0 Å². The molecule has 0 amide bonds. The lowest BCUT2D eigenvalue weighted by molar-refractivity contribution is 0.338. The van der Waals surface area contributed by atoms with Crippen LogP contribution in [-0.4, -0.2) is 0 Å². The molecule has 2 aliphatic rings. The van der Waals surface area contributed by atoms with E-state index in [1.807, 2.05) is 0 Å².